The molecule has 1 N–H and O–H groups in total. The zero-order valence-electron chi connectivity index (χ0n) is 11.0. The van der Waals surface area contributed by atoms with Crippen molar-refractivity contribution in [2.24, 2.45) is 0 Å². The Balaban J connectivity index is 1.97. The predicted molar refractivity (Wildman–Crippen MR) is 82.0 cm³/mol. The van der Waals surface area contributed by atoms with Crippen LogP contribution < -0.4 is 4.74 Å². The molecule has 1 amide bonds. The molecule has 1 fully saturated rings. The molecule has 1 heterocycles. The van der Waals surface area contributed by atoms with E-state index in [4.69, 9.17) is 9.84 Å². The maximum absolute atomic E-state index is 12.0. The van der Waals surface area contributed by atoms with Crippen LogP contribution in [0.4, 0.5) is 0 Å². The summed E-state index contributed by atoms with van der Waals surface area (Å²) in [5, 5.41) is 8.95. The van der Waals surface area contributed by atoms with E-state index in [1.165, 1.54) is 18.6 Å². The number of nitrogens with zero attached hydrogens (tertiary/aromatic N) is 1. The Morgan fingerprint density at radius 3 is 2.60 bits per heavy atom. The number of halogens is 1. The standard InChI is InChI=1S/C14H16INO4/c15-11-5-4-10(14(18)19)8-12(11)20-9-13(17)16-6-2-1-3-7-16/h4-5,8H,1-3,6-7,9H2,(H,18,19). The smallest absolute Gasteiger partial charge is 0.335 e. The number of hydrogen-bond donors (Lipinski definition) is 1. The zero-order chi connectivity index (χ0) is 14.5. The number of rotatable bonds is 4. The van der Waals surface area contributed by atoms with Gasteiger partial charge in [-0.3, -0.25) is 4.79 Å². The van der Waals surface area contributed by atoms with Crippen molar-refractivity contribution in [3.05, 3.63) is 27.3 Å². The number of benzene rings is 1. The largest absolute Gasteiger partial charge is 0.483 e. The van der Waals surface area contributed by atoms with Crippen molar-refractivity contribution >= 4 is 34.5 Å². The molecule has 1 aromatic rings. The van der Waals surface area contributed by atoms with E-state index in [0.29, 0.717) is 5.75 Å². The van der Waals surface area contributed by atoms with Crippen molar-refractivity contribution in [1.82, 2.24) is 4.90 Å². The molecule has 5 nitrogen and oxygen atoms in total. The highest BCUT2D eigenvalue weighted by Crippen LogP contribution is 2.22. The van der Waals surface area contributed by atoms with Crippen molar-refractivity contribution in [3.8, 4) is 5.75 Å². The van der Waals surface area contributed by atoms with E-state index in [-0.39, 0.29) is 18.1 Å². The molecule has 0 radical (unpaired) electrons. The molecule has 0 aliphatic carbocycles. The van der Waals surface area contributed by atoms with Crippen LogP contribution in [0.2, 0.25) is 0 Å². The van der Waals surface area contributed by atoms with Crippen molar-refractivity contribution < 1.29 is 19.4 Å². The molecule has 0 bridgehead atoms. The summed E-state index contributed by atoms with van der Waals surface area (Å²) in [5.41, 5.74) is 0.158. The molecule has 6 heteroatoms. The normalized spacial score (nSPS) is 14.9. The molecule has 1 aliphatic heterocycles. The zero-order valence-corrected chi connectivity index (χ0v) is 13.1. The lowest BCUT2D eigenvalue weighted by molar-refractivity contribution is -0.134. The lowest BCUT2D eigenvalue weighted by Gasteiger charge is -2.26. The molecule has 108 valence electrons. The number of piperidine rings is 1. The molecule has 0 saturated carbocycles. The fraction of sp³-hybridized carbons (Fsp3) is 0.429. The van der Waals surface area contributed by atoms with Gasteiger partial charge in [0.05, 0.1) is 9.13 Å². The van der Waals surface area contributed by atoms with E-state index < -0.39 is 5.97 Å². The number of carboxylic acids is 1. The van der Waals surface area contributed by atoms with Gasteiger partial charge >= 0.3 is 5.97 Å². The second-order valence-corrected chi connectivity index (χ2v) is 5.84. The van der Waals surface area contributed by atoms with Gasteiger partial charge in [-0.25, -0.2) is 4.79 Å². The Labute approximate surface area is 131 Å². The van der Waals surface area contributed by atoms with Gasteiger partial charge < -0.3 is 14.7 Å². The number of carboxylic acid groups (broad SMARTS) is 1. The van der Waals surface area contributed by atoms with Gasteiger partial charge in [0.25, 0.3) is 5.91 Å². The number of carbonyl (C=O) groups excluding carboxylic acids is 1. The van der Waals surface area contributed by atoms with Gasteiger partial charge in [0.2, 0.25) is 0 Å². The summed E-state index contributed by atoms with van der Waals surface area (Å²) >= 11 is 2.06. The Bertz CT molecular complexity index is 512. The van der Waals surface area contributed by atoms with Crippen LogP contribution >= 0.6 is 22.6 Å². The summed E-state index contributed by atoms with van der Waals surface area (Å²) < 4.78 is 6.27. The molecule has 0 atom stereocenters. The minimum Gasteiger partial charge on any atom is -0.483 e. The van der Waals surface area contributed by atoms with Gasteiger partial charge in [-0.05, 0) is 60.1 Å². The first-order valence-corrected chi connectivity index (χ1v) is 7.59. The second-order valence-electron chi connectivity index (χ2n) is 4.68. The predicted octanol–water partition coefficient (Wildman–Crippen LogP) is 2.38. The molecule has 1 saturated heterocycles. The third kappa shape index (κ3) is 3.84. The van der Waals surface area contributed by atoms with Crippen LogP contribution in [0, 0.1) is 3.57 Å². The topological polar surface area (TPSA) is 66.8 Å². The first-order valence-electron chi connectivity index (χ1n) is 6.51. The monoisotopic (exact) mass is 389 g/mol. The number of aromatic carboxylic acids is 1. The fourth-order valence-corrected chi connectivity index (χ4v) is 2.61. The van der Waals surface area contributed by atoms with E-state index in [1.807, 2.05) is 0 Å². The number of ether oxygens (including phenoxy) is 1. The van der Waals surface area contributed by atoms with E-state index >= 15 is 0 Å². The highest BCUT2D eigenvalue weighted by molar-refractivity contribution is 14.1. The van der Waals surface area contributed by atoms with Crippen molar-refractivity contribution in [2.45, 2.75) is 19.3 Å². The summed E-state index contributed by atoms with van der Waals surface area (Å²) in [4.78, 5) is 24.7. The molecular weight excluding hydrogens is 373 g/mol. The van der Waals surface area contributed by atoms with Crippen molar-refractivity contribution in [2.75, 3.05) is 19.7 Å². The van der Waals surface area contributed by atoms with E-state index in [9.17, 15) is 9.59 Å². The van der Waals surface area contributed by atoms with Crippen LogP contribution in [-0.2, 0) is 4.79 Å². The third-order valence-corrected chi connectivity index (χ3v) is 4.13. The molecule has 1 aromatic carbocycles. The minimum atomic E-state index is -1.01. The summed E-state index contributed by atoms with van der Waals surface area (Å²) in [6, 6.07) is 4.64. The minimum absolute atomic E-state index is 0.0405. The van der Waals surface area contributed by atoms with Gasteiger partial charge in [0, 0.05) is 13.1 Å². The maximum Gasteiger partial charge on any atom is 0.335 e. The Morgan fingerprint density at radius 2 is 1.95 bits per heavy atom. The molecule has 0 aromatic heterocycles. The molecule has 0 unspecified atom stereocenters. The van der Waals surface area contributed by atoms with Crippen LogP contribution in [0.3, 0.4) is 0 Å². The molecular formula is C14H16INO4. The van der Waals surface area contributed by atoms with Crippen LogP contribution in [0.1, 0.15) is 29.6 Å². The van der Waals surface area contributed by atoms with Crippen molar-refractivity contribution in [1.29, 1.82) is 0 Å². The average molecular weight is 389 g/mol. The van der Waals surface area contributed by atoms with E-state index in [0.717, 1.165) is 29.5 Å². The Morgan fingerprint density at radius 1 is 1.25 bits per heavy atom. The lowest BCUT2D eigenvalue weighted by Crippen LogP contribution is -2.38. The third-order valence-electron chi connectivity index (χ3n) is 3.24. The molecule has 0 spiro atoms. The molecule has 2 rings (SSSR count). The Hall–Kier alpha value is -1.31. The second kappa shape index (κ2) is 6.92. The quantitative estimate of drug-likeness (QED) is 0.804. The number of carbonyl (C=O) groups is 2. The van der Waals surface area contributed by atoms with Crippen LogP contribution in [0.25, 0.3) is 0 Å². The number of likely N-dealkylation sites (tertiary alicyclic amines) is 1. The highest BCUT2D eigenvalue weighted by Gasteiger charge is 2.17. The van der Waals surface area contributed by atoms with Crippen LogP contribution in [-0.4, -0.2) is 41.6 Å². The van der Waals surface area contributed by atoms with E-state index in [2.05, 4.69) is 22.6 Å². The van der Waals surface area contributed by atoms with Crippen LogP contribution in [0.15, 0.2) is 18.2 Å². The maximum atomic E-state index is 12.0. The van der Waals surface area contributed by atoms with Gasteiger partial charge in [0.1, 0.15) is 5.75 Å². The van der Waals surface area contributed by atoms with Gasteiger partial charge in [0.15, 0.2) is 6.61 Å². The highest BCUT2D eigenvalue weighted by atomic mass is 127. The Kier molecular flexibility index (Phi) is 5.22. The first-order chi connectivity index (χ1) is 9.58. The van der Waals surface area contributed by atoms with Gasteiger partial charge in [-0.2, -0.15) is 0 Å². The lowest BCUT2D eigenvalue weighted by atomic mass is 10.1. The van der Waals surface area contributed by atoms with Crippen LogP contribution in [0.5, 0.6) is 5.75 Å². The fourth-order valence-electron chi connectivity index (χ4n) is 2.12. The number of hydrogen-bond acceptors (Lipinski definition) is 3. The SMILES string of the molecule is O=C(O)c1ccc(I)c(OCC(=O)N2CCCCC2)c1. The summed E-state index contributed by atoms with van der Waals surface area (Å²) in [5.74, 6) is -0.606. The summed E-state index contributed by atoms with van der Waals surface area (Å²) in [7, 11) is 0. The average Bonchev–Trinajstić information content (AvgIpc) is 2.46. The van der Waals surface area contributed by atoms with E-state index in [1.54, 1.807) is 11.0 Å². The molecule has 1 aliphatic rings. The summed E-state index contributed by atoms with van der Waals surface area (Å²) in [6.07, 6.45) is 3.25. The van der Waals surface area contributed by atoms with Gasteiger partial charge in [-0.1, -0.05) is 0 Å². The molecule has 20 heavy (non-hydrogen) atoms. The van der Waals surface area contributed by atoms with Crippen molar-refractivity contribution in [3.63, 3.8) is 0 Å². The summed E-state index contributed by atoms with van der Waals surface area (Å²) in [6.45, 7) is 1.53. The van der Waals surface area contributed by atoms with Gasteiger partial charge in [-0.15, -0.1) is 0 Å². The first kappa shape index (κ1) is 15.1. The number of amides is 1.